The Kier molecular flexibility index (Phi) is 4.47. The number of hydrogen-bond donors (Lipinski definition) is 2. The fourth-order valence-corrected chi connectivity index (χ4v) is 1.86. The fourth-order valence-electron chi connectivity index (χ4n) is 1.86. The van der Waals surface area contributed by atoms with E-state index >= 15 is 0 Å². The third kappa shape index (κ3) is 4.72. The Morgan fingerprint density at radius 1 is 1.33 bits per heavy atom. The molecule has 2 atom stereocenters. The quantitative estimate of drug-likeness (QED) is 0.765. The highest BCUT2D eigenvalue weighted by atomic mass is 19.4. The Morgan fingerprint density at radius 2 is 1.94 bits per heavy atom. The first-order valence-corrected chi connectivity index (χ1v) is 5.86. The van der Waals surface area contributed by atoms with Gasteiger partial charge in [0.25, 0.3) is 0 Å². The Labute approximate surface area is 104 Å². The normalized spacial score (nSPS) is 25.7. The number of nitrogens with one attached hydrogen (secondary N) is 2. The average Bonchev–Trinajstić information content (AvgIpc) is 2.13. The molecule has 0 aromatic heterocycles. The van der Waals surface area contributed by atoms with E-state index in [9.17, 15) is 18.0 Å². The van der Waals surface area contributed by atoms with E-state index in [1.54, 1.807) is 20.8 Å². The van der Waals surface area contributed by atoms with Gasteiger partial charge in [-0.1, -0.05) is 0 Å². The molecule has 7 heteroatoms. The van der Waals surface area contributed by atoms with Gasteiger partial charge in [-0.15, -0.1) is 0 Å². The van der Waals surface area contributed by atoms with E-state index in [0.29, 0.717) is 6.54 Å². The summed E-state index contributed by atoms with van der Waals surface area (Å²) in [4.78, 5) is 11.5. The molecule has 0 saturated carbocycles. The van der Waals surface area contributed by atoms with Gasteiger partial charge in [-0.2, -0.15) is 13.2 Å². The highest BCUT2D eigenvalue weighted by Gasteiger charge is 2.46. The van der Waals surface area contributed by atoms with E-state index in [1.165, 1.54) is 0 Å². The summed E-state index contributed by atoms with van der Waals surface area (Å²) in [6.07, 6.45) is -5.16. The number of alkyl carbamates (subject to hydrolysis) is 1. The fraction of sp³-hybridized carbons (Fsp3) is 0.909. The number of amides is 1. The van der Waals surface area contributed by atoms with E-state index in [2.05, 4.69) is 10.6 Å². The van der Waals surface area contributed by atoms with Gasteiger partial charge in [-0.3, -0.25) is 0 Å². The van der Waals surface area contributed by atoms with Gasteiger partial charge >= 0.3 is 12.3 Å². The minimum absolute atomic E-state index is 0.0377. The molecule has 1 amide bonds. The molecule has 106 valence electrons. The van der Waals surface area contributed by atoms with Crippen LogP contribution in [0.1, 0.15) is 27.2 Å². The molecule has 1 saturated heterocycles. The van der Waals surface area contributed by atoms with E-state index in [-0.39, 0.29) is 13.0 Å². The number of rotatable bonds is 1. The van der Waals surface area contributed by atoms with Gasteiger partial charge in [0.05, 0.1) is 12.0 Å². The Morgan fingerprint density at radius 3 is 2.44 bits per heavy atom. The van der Waals surface area contributed by atoms with Crippen molar-refractivity contribution < 1.29 is 22.7 Å². The first-order valence-electron chi connectivity index (χ1n) is 5.86. The highest BCUT2D eigenvalue weighted by Crippen LogP contribution is 2.32. The summed E-state index contributed by atoms with van der Waals surface area (Å²) < 4.78 is 43.2. The molecular weight excluding hydrogens is 249 g/mol. The molecule has 0 bridgehead atoms. The second-order valence-electron chi connectivity index (χ2n) is 5.39. The summed E-state index contributed by atoms with van der Waals surface area (Å²) in [6, 6.07) is -0.978. The van der Waals surface area contributed by atoms with Crippen molar-refractivity contribution in [1.82, 2.24) is 10.6 Å². The second kappa shape index (κ2) is 5.34. The molecule has 1 rings (SSSR count). The monoisotopic (exact) mass is 268 g/mol. The lowest BCUT2D eigenvalue weighted by Gasteiger charge is -2.34. The summed E-state index contributed by atoms with van der Waals surface area (Å²) in [7, 11) is 0. The molecule has 4 nitrogen and oxygen atoms in total. The standard InChI is InChI=1S/C11H19F3N2O2/c1-10(2,3)18-9(17)16-8-6-15-5-4-7(8)11(12,13)14/h7-8,15H,4-6H2,1-3H3,(H,16,17). The van der Waals surface area contributed by atoms with Crippen LogP contribution in [0.15, 0.2) is 0 Å². The SMILES string of the molecule is CC(C)(C)OC(=O)NC1CNCCC1C(F)(F)F. The van der Waals surface area contributed by atoms with Gasteiger partial charge in [0.2, 0.25) is 0 Å². The van der Waals surface area contributed by atoms with Gasteiger partial charge < -0.3 is 15.4 Å². The van der Waals surface area contributed by atoms with E-state index < -0.39 is 29.8 Å². The number of ether oxygens (including phenoxy) is 1. The molecule has 0 aromatic rings. The molecule has 0 aliphatic carbocycles. The molecular formula is C11H19F3N2O2. The van der Waals surface area contributed by atoms with Gasteiger partial charge in [0.1, 0.15) is 5.60 Å². The van der Waals surface area contributed by atoms with Crippen molar-refractivity contribution in [2.45, 2.75) is 45.0 Å². The molecule has 1 aliphatic rings. The molecule has 0 radical (unpaired) electrons. The predicted octanol–water partition coefficient (Wildman–Crippen LogP) is 2.05. The van der Waals surface area contributed by atoms with Gasteiger partial charge in [0, 0.05) is 6.54 Å². The van der Waals surface area contributed by atoms with Crippen molar-refractivity contribution in [3.05, 3.63) is 0 Å². The van der Waals surface area contributed by atoms with E-state index in [4.69, 9.17) is 4.74 Å². The van der Waals surface area contributed by atoms with Crippen LogP contribution >= 0.6 is 0 Å². The number of carbonyl (C=O) groups is 1. The second-order valence-corrected chi connectivity index (χ2v) is 5.39. The minimum atomic E-state index is -4.30. The lowest BCUT2D eigenvalue weighted by molar-refractivity contribution is -0.186. The summed E-state index contributed by atoms with van der Waals surface area (Å²) in [5, 5.41) is 5.12. The average molecular weight is 268 g/mol. The van der Waals surface area contributed by atoms with Crippen LogP contribution in [-0.2, 0) is 4.74 Å². The topological polar surface area (TPSA) is 50.4 Å². The number of piperidine rings is 1. The molecule has 0 spiro atoms. The number of carbonyl (C=O) groups excluding carboxylic acids is 1. The van der Waals surface area contributed by atoms with Crippen molar-refractivity contribution in [2.24, 2.45) is 5.92 Å². The molecule has 2 unspecified atom stereocenters. The van der Waals surface area contributed by atoms with Crippen molar-refractivity contribution in [3.8, 4) is 0 Å². The smallest absolute Gasteiger partial charge is 0.407 e. The van der Waals surface area contributed by atoms with Crippen LogP contribution in [0.3, 0.4) is 0 Å². The molecule has 1 fully saturated rings. The van der Waals surface area contributed by atoms with Crippen LogP contribution in [0.25, 0.3) is 0 Å². The lowest BCUT2D eigenvalue weighted by atomic mass is 9.92. The van der Waals surface area contributed by atoms with Crippen molar-refractivity contribution in [3.63, 3.8) is 0 Å². The molecule has 1 heterocycles. The first-order chi connectivity index (χ1) is 8.09. The van der Waals surface area contributed by atoms with Crippen LogP contribution < -0.4 is 10.6 Å². The third-order valence-electron chi connectivity index (χ3n) is 2.60. The lowest BCUT2D eigenvalue weighted by Crippen LogP contribution is -2.55. The van der Waals surface area contributed by atoms with Gasteiger partial charge in [-0.05, 0) is 33.7 Å². The number of halogens is 3. The highest BCUT2D eigenvalue weighted by molar-refractivity contribution is 5.68. The Balaban J connectivity index is 2.60. The maximum Gasteiger partial charge on any atom is 0.407 e. The zero-order chi connectivity index (χ0) is 14.0. The van der Waals surface area contributed by atoms with Crippen LogP contribution in [0.4, 0.5) is 18.0 Å². The maximum atomic E-state index is 12.8. The van der Waals surface area contributed by atoms with Crippen LogP contribution in [0.2, 0.25) is 0 Å². The maximum absolute atomic E-state index is 12.8. The van der Waals surface area contributed by atoms with Crippen molar-refractivity contribution in [1.29, 1.82) is 0 Å². The Hall–Kier alpha value is -0.980. The molecule has 18 heavy (non-hydrogen) atoms. The first kappa shape index (κ1) is 15.1. The largest absolute Gasteiger partial charge is 0.444 e. The van der Waals surface area contributed by atoms with Crippen LogP contribution in [-0.4, -0.2) is 37.0 Å². The third-order valence-corrected chi connectivity index (χ3v) is 2.60. The molecule has 2 N–H and O–H groups in total. The minimum Gasteiger partial charge on any atom is -0.444 e. The predicted molar refractivity (Wildman–Crippen MR) is 60.2 cm³/mol. The van der Waals surface area contributed by atoms with Crippen molar-refractivity contribution in [2.75, 3.05) is 13.1 Å². The van der Waals surface area contributed by atoms with Crippen molar-refractivity contribution >= 4 is 6.09 Å². The molecule has 1 aliphatic heterocycles. The summed E-state index contributed by atoms with van der Waals surface area (Å²) >= 11 is 0. The van der Waals surface area contributed by atoms with Gasteiger partial charge in [-0.25, -0.2) is 4.79 Å². The number of alkyl halides is 3. The zero-order valence-electron chi connectivity index (χ0n) is 10.7. The summed E-state index contributed by atoms with van der Waals surface area (Å²) in [5.74, 6) is -1.52. The van der Waals surface area contributed by atoms with Crippen LogP contribution in [0, 0.1) is 5.92 Å². The summed E-state index contributed by atoms with van der Waals surface area (Å²) in [5.41, 5.74) is -0.722. The molecule has 0 aromatic carbocycles. The van der Waals surface area contributed by atoms with E-state index in [0.717, 1.165) is 0 Å². The number of hydrogen-bond acceptors (Lipinski definition) is 3. The Bertz CT molecular complexity index is 300. The van der Waals surface area contributed by atoms with E-state index in [1.807, 2.05) is 0 Å². The van der Waals surface area contributed by atoms with Crippen LogP contribution in [0.5, 0.6) is 0 Å². The van der Waals surface area contributed by atoms with Gasteiger partial charge in [0.15, 0.2) is 0 Å². The summed E-state index contributed by atoms with van der Waals surface area (Å²) in [6.45, 7) is 5.38. The zero-order valence-corrected chi connectivity index (χ0v) is 10.7.